The van der Waals surface area contributed by atoms with Gasteiger partial charge >= 0.3 is 0 Å². The molecule has 22 heavy (non-hydrogen) atoms. The van der Waals surface area contributed by atoms with E-state index >= 15 is 0 Å². The molecule has 1 fully saturated rings. The van der Waals surface area contributed by atoms with Crippen LogP contribution in [-0.4, -0.2) is 35.5 Å². The van der Waals surface area contributed by atoms with Crippen LogP contribution in [0.4, 0.5) is 5.13 Å². The highest BCUT2D eigenvalue weighted by Crippen LogP contribution is 2.24. The Balaban J connectivity index is 1.47. The molecule has 6 nitrogen and oxygen atoms in total. The molecule has 0 atom stereocenters. The number of aromatic nitrogens is 2. The largest absolute Gasteiger partial charge is 0.350 e. The molecular weight excluding hydrogens is 318 g/mol. The molecule has 0 radical (unpaired) electrons. The van der Waals surface area contributed by atoms with Gasteiger partial charge in [0.25, 0.3) is 5.91 Å². The monoisotopic (exact) mass is 337 g/mol. The summed E-state index contributed by atoms with van der Waals surface area (Å²) in [6.45, 7) is 3.15. The van der Waals surface area contributed by atoms with Crippen molar-refractivity contribution < 1.29 is 4.79 Å². The smallest absolute Gasteiger partial charge is 0.270 e. The Bertz CT molecular complexity index is 633. The lowest BCUT2D eigenvalue weighted by Crippen LogP contribution is -2.26. The van der Waals surface area contributed by atoms with E-state index in [1.54, 1.807) is 16.7 Å². The maximum absolute atomic E-state index is 11.9. The Morgan fingerprint density at radius 1 is 1.27 bits per heavy atom. The second-order valence-corrected chi connectivity index (χ2v) is 6.93. The summed E-state index contributed by atoms with van der Waals surface area (Å²) >= 11 is 3.10. The minimum atomic E-state index is -0.147. The third-order valence-electron chi connectivity index (χ3n) is 3.54. The molecule has 1 amide bonds. The van der Waals surface area contributed by atoms with E-state index < -0.39 is 0 Å². The SMILES string of the molecule is NCc1nc(C(=O)NCCc2csc(N3CCCC3)n2)cs1. The summed E-state index contributed by atoms with van der Waals surface area (Å²) in [6, 6.07) is 0. The van der Waals surface area contributed by atoms with Crippen LogP contribution in [-0.2, 0) is 13.0 Å². The molecule has 0 aliphatic carbocycles. The molecule has 3 heterocycles. The van der Waals surface area contributed by atoms with E-state index in [0.717, 1.165) is 35.3 Å². The Kier molecular flexibility index (Phi) is 5.01. The molecule has 1 saturated heterocycles. The molecule has 8 heteroatoms. The van der Waals surface area contributed by atoms with Crippen LogP contribution in [0.5, 0.6) is 0 Å². The van der Waals surface area contributed by atoms with Crippen molar-refractivity contribution in [1.29, 1.82) is 0 Å². The first kappa shape index (κ1) is 15.4. The Labute approximate surface area is 137 Å². The van der Waals surface area contributed by atoms with E-state index in [2.05, 4.69) is 25.6 Å². The number of hydrogen-bond donors (Lipinski definition) is 2. The zero-order chi connectivity index (χ0) is 15.4. The summed E-state index contributed by atoms with van der Waals surface area (Å²) in [7, 11) is 0. The van der Waals surface area contributed by atoms with Gasteiger partial charge in [-0.1, -0.05) is 0 Å². The van der Waals surface area contributed by atoms with E-state index in [1.807, 2.05) is 0 Å². The van der Waals surface area contributed by atoms with Gasteiger partial charge < -0.3 is 16.0 Å². The van der Waals surface area contributed by atoms with Crippen molar-refractivity contribution in [1.82, 2.24) is 15.3 Å². The lowest BCUT2D eigenvalue weighted by atomic mass is 10.3. The number of thiazole rings is 2. The zero-order valence-corrected chi connectivity index (χ0v) is 13.9. The van der Waals surface area contributed by atoms with Crippen LogP contribution < -0.4 is 16.0 Å². The lowest BCUT2D eigenvalue weighted by Gasteiger charge is -2.12. The minimum absolute atomic E-state index is 0.147. The van der Waals surface area contributed by atoms with Gasteiger partial charge in [-0.3, -0.25) is 4.79 Å². The highest BCUT2D eigenvalue weighted by molar-refractivity contribution is 7.13. The second kappa shape index (κ2) is 7.17. The molecule has 0 bridgehead atoms. The predicted molar refractivity (Wildman–Crippen MR) is 89.6 cm³/mol. The number of rotatable bonds is 6. The Morgan fingerprint density at radius 2 is 2.09 bits per heavy atom. The summed E-state index contributed by atoms with van der Waals surface area (Å²) < 4.78 is 0. The summed E-state index contributed by atoms with van der Waals surface area (Å²) in [5.41, 5.74) is 6.98. The van der Waals surface area contributed by atoms with Crippen LogP contribution in [0.2, 0.25) is 0 Å². The average Bonchev–Trinajstić information content (AvgIpc) is 3.27. The van der Waals surface area contributed by atoms with Crippen LogP contribution in [0.15, 0.2) is 10.8 Å². The fraction of sp³-hybridized carbons (Fsp3) is 0.500. The summed E-state index contributed by atoms with van der Waals surface area (Å²) in [5, 5.41) is 8.58. The standard InChI is InChI=1S/C14H19N5OS2/c15-7-12-18-11(9-21-12)13(20)16-4-3-10-8-22-14(17-10)19-5-1-2-6-19/h8-9H,1-7,15H2,(H,16,20). The van der Waals surface area contributed by atoms with E-state index in [0.29, 0.717) is 18.8 Å². The fourth-order valence-corrected chi connectivity index (χ4v) is 3.94. The van der Waals surface area contributed by atoms with Crippen molar-refractivity contribution in [3.05, 3.63) is 27.2 Å². The van der Waals surface area contributed by atoms with Crippen molar-refractivity contribution in [2.75, 3.05) is 24.5 Å². The molecule has 2 aromatic heterocycles. The van der Waals surface area contributed by atoms with Gasteiger partial charge in [0, 0.05) is 43.4 Å². The normalized spacial score (nSPS) is 14.5. The first-order valence-electron chi connectivity index (χ1n) is 7.38. The summed E-state index contributed by atoms with van der Waals surface area (Å²) in [6.07, 6.45) is 3.25. The minimum Gasteiger partial charge on any atom is -0.350 e. The average molecular weight is 337 g/mol. The molecular formula is C14H19N5OS2. The number of nitrogens with zero attached hydrogens (tertiary/aromatic N) is 3. The third kappa shape index (κ3) is 3.63. The summed E-state index contributed by atoms with van der Waals surface area (Å²) in [4.78, 5) is 23.1. The van der Waals surface area contributed by atoms with Crippen LogP contribution in [0.3, 0.4) is 0 Å². The van der Waals surface area contributed by atoms with Crippen LogP contribution in [0, 0.1) is 0 Å². The number of amides is 1. The fourth-order valence-electron chi connectivity index (χ4n) is 2.37. The Hall–Kier alpha value is -1.51. The molecule has 0 spiro atoms. The molecule has 0 aromatic carbocycles. The zero-order valence-electron chi connectivity index (χ0n) is 12.2. The van der Waals surface area contributed by atoms with E-state index in [9.17, 15) is 4.79 Å². The molecule has 1 aliphatic rings. The Morgan fingerprint density at radius 3 is 2.82 bits per heavy atom. The summed E-state index contributed by atoms with van der Waals surface area (Å²) in [5.74, 6) is -0.147. The van der Waals surface area contributed by atoms with Gasteiger partial charge in [0.1, 0.15) is 10.7 Å². The van der Waals surface area contributed by atoms with E-state index in [-0.39, 0.29) is 5.91 Å². The molecule has 2 aromatic rings. The first-order chi connectivity index (χ1) is 10.8. The number of nitrogens with one attached hydrogen (secondary N) is 1. The van der Waals surface area contributed by atoms with Gasteiger partial charge in [-0.25, -0.2) is 9.97 Å². The maximum atomic E-state index is 11.9. The number of anilines is 1. The highest BCUT2D eigenvalue weighted by Gasteiger charge is 2.15. The molecule has 1 aliphatic heterocycles. The third-order valence-corrected chi connectivity index (χ3v) is 5.36. The number of carbonyl (C=O) groups excluding carboxylic acids is 1. The number of nitrogens with two attached hydrogens (primary N) is 1. The first-order valence-corrected chi connectivity index (χ1v) is 9.14. The van der Waals surface area contributed by atoms with E-state index in [1.165, 1.54) is 24.2 Å². The maximum Gasteiger partial charge on any atom is 0.270 e. The van der Waals surface area contributed by atoms with Crippen LogP contribution >= 0.6 is 22.7 Å². The van der Waals surface area contributed by atoms with Gasteiger partial charge in [0.05, 0.1) is 5.69 Å². The van der Waals surface area contributed by atoms with Crippen molar-refractivity contribution in [2.45, 2.75) is 25.8 Å². The topological polar surface area (TPSA) is 84.1 Å². The van der Waals surface area contributed by atoms with Gasteiger partial charge in [-0.05, 0) is 12.8 Å². The lowest BCUT2D eigenvalue weighted by molar-refractivity contribution is 0.0949. The number of hydrogen-bond acceptors (Lipinski definition) is 7. The molecule has 3 N–H and O–H groups in total. The molecule has 118 valence electrons. The molecule has 0 saturated carbocycles. The van der Waals surface area contributed by atoms with Gasteiger partial charge in [-0.2, -0.15) is 0 Å². The highest BCUT2D eigenvalue weighted by atomic mass is 32.1. The molecule has 0 unspecified atom stereocenters. The van der Waals surface area contributed by atoms with Crippen molar-refractivity contribution in [3.63, 3.8) is 0 Å². The van der Waals surface area contributed by atoms with Crippen molar-refractivity contribution in [3.8, 4) is 0 Å². The van der Waals surface area contributed by atoms with Crippen LogP contribution in [0.25, 0.3) is 0 Å². The number of carbonyl (C=O) groups is 1. The van der Waals surface area contributed by atoms with Crippen LogP contribution in [0.1, 0.15) is 34.0 Å². The second-order valence-electron chi connectivity index (χ2n) is 5.15. The van der Waals surface area contributed by atoms with Gasteiger partial charge in [-0.15, -0.1) is 22.7 Å². The van der Waals surface area contributed by atoms with Crippen molar-refractivity contribution in [2.24, 2.45) is 5.73 Å². The molecule has 3 rings (SSSR count). The predicted octanol–water partition coefficient (Wildman–Crippen LogP) is 1.63. The quantitative estimate of drug-likeness (QED) is 0.837. The van der Waals surface area contributed by atoms with Gasteiger partial charge in [0.2, 0.25) is 0 Å². The van der Waals surface area contributed by atoms with Gasteiger partial charge in [0.15, 0.2) is 5.13 Å². The van der Waals surface area contributed by atoms with E-state index in [4.69, 9.17) is 5.73 Å². The van der Waals surface area contributed by atoms with Crippen molar-refractivity contribution >= 4 is 33.7 Å².